The molecule has 1 aliphatic carbocycles. The van der Waals surface area contributed by atoms with Gasteiger partial charge in [0.1, 0.15) is 5.75 Å². The van der Waals surface area contributed by atoms with E-state index >= 15 is 0 Å². The van der Waals surface area contributed by atoms with E-state index in [2.05, 4.69) is 36.5 Å². The Labute approximate surface area is 104 Å². The molecule has 0 aliphatic heterocycles. The van der Waals surface area contributed by atoms with Crippen molar-refractivity contribution in [3.05, 3.63) is 24.3 Å². The third-order valence-electron chi connectivity index (χ3n) is 3.82. The highest BCUT2D eigenvalue weighted by Crippen LogP contribution is 2.29. The van der Waals surface area contributed by atoms with E-state index in [0.29, 0.717) is 6.10 Å². The van der Waals surface area contributed by atoms with Crippen molar-refractivity contribution in [2.45, 2.75) is 45.1 Å². The second kappa shape index (κ2) is 5.95. The van der Waals surface area contributed by atoms with Crippen LogP contribution in [0, 0.1) is 5.92 Å². The lowest BCUT2D eigenvalue weighted by Crippen LogP contribution is -2.23. The average molecular weight is 233 g/mol. The minimum atomic E-state index is 0.429. The molecule has 0 heterocycles. The summed E-state index contributed by atoms with van der Waals surface area (Å²) in [5.41, 5.74) is 1.13. The Kier molecular flexibility index (Phi) is 4.29. The van der Waals surface area contributed by atoms with Crippen molar-refractivity contribution in [3.8, 4) is 5.75 Å². The molecule has 17 heavy (non-hydrogen) atoms. The van der Waals surface area contributed by atoms with Crippen molar-refractivity contribution in [2.24, 2.45) is 5.92 Å². The fourth-order valence-corrected chi connectivity index (χ4v) is 2.55. The van der Waals surface area contributed by atoms with Gasteiger partial charge in [0.15, 0.2) is 0 Å². The molecule has 1 fully saturated rings. The van der Waals surface area contributed by atoms with Gasteiger partial charge < -0.3 is 10.1 Å². The minimum Gasteiger partial charge on any atom is -0.490 e. The van der Waals surface area contributed by atoms with E-state index in [-0.39, 0.29) is 0 Å². The van der Waals surface area contributed by atoms with Crippen molar-refractivity contribution in [2.75, 3.05) is 12.4 Å². The van der Waals surface area contributed by atoms with Gasteiger partial charge in [-0.3, -0.25) is 0 Å². The van der Waals surface area contributed by atoms with Crippen LogP contribution in [0.15, 0.2) is 24.3 Å². The lowest BCUT2D eigenvalue weighted by atomic mass is 9.86. The molecule has 1 saturated carbocycles. The second-order valence-electron chi connectivity index (χ2n) is 4.94. The van der Waals surface area contributed by atoms with E-state index in [1.165, 1.54) is 32.1 Å². The van der Waals surface area contributed by atoms with E-state index in [1.54, 1.807) is 0 Å². The van der Waals surface area contributed by atoms with Gasteiger partial charge in [-0.2, -0.15) is 0 Å². The van der Waals surface area contributed by atoms with Gasteiger partial charge in [-0.05, 0) is 55.9 Å². The summed E-state index contributed by atoms with van der Waals surface area (Å²) in [6, 6.07) is 8.23. The van der Waals surface area contributed by atoms with Gasteiger partial charge in [0.25, 0.3) is 0 Å². The Bertz CT molecular complexity index is 325. The quantitative estimate of drug-likeness (QED) is 0.846. The van der Waals surface area contributed by atoms with E-state index in [1.807, 2.05) is 7.05 Å². The van der Waals surface area contributed by atoms with Crippen LogP contribution in [0.3, 0.4) is 0 Å². The molecule has 1 aromatic carbocycles. The number of hydrogen-bond acceptors (Lipinski definition) is 2. The van der Waals surface area contributed by atoms with Gasteiger partial charge in [0.05, 0.1) is 6.10 Å². The topological polar surface area (TPSA) is 21.3 Å². The van der Waals surface area contributed by atoms with E-state index in [0.717, 1.165) is 17.4 Å². The van der Waals surface area contributed by atoms with Crippen LogP contribution in [0.2, 0.25) is 0 Å². The van der Waals surface area contributed by atoms with Crippen molar-refractivity contribution < 1.29 is 4.74 Å². The van der Waals surface area contributed by atoms with Crippen LogP contribution in [0.4, 0.5) is 5.69 Å². The highest BCUT2D eigenvalue weighted by Gasteiger charge is 2.20. The average Bonchev–Trinajstić information content (AvgIpc) is 2.40. The van der Waals surface area contributed by atoms with Crippen molar-refractivity contribution >= 4 is 5.69 Å². The molecule has 0 aromatic heterocycles. The summed E-state index contributed by atoms with van der Waals surface area (Å²) >= 11 is 0. The van der Waals surface area contributed by atoms with Crippen LogP contribution in [0.25, 0.3) is 0 Å². The van der Waals surface area contributed by atoms with E-state index < -0.39 is 0 Å². The predicted octanol–water partition coefficient (Wildman–Crippen LogP) is 4.08. The lowest BCUT2D eigenvalue weighted by molar-refractivity contribution is 0.130. The third kappa shape index (κ3) is 3.39. The zero-order valence-electron chi connectivity index (χ0n) is 10.9. The van der Waals surface area contributed by atoms with Crippen LogP contribution in [-0.2, 0) is 0 Å². The maximum Gasteiger partial charge on any atom is 0.119 e. The van der Waals surface area contributed by atoms with Gasteiger partial charge in [0.2, 0.25) is 0 Å². The Balaban J connectivity index is 1.84. The molecular formula is C15H23NO. The first-order valence-corrected chi connectivity index (χ1v) is 6.76. The molecule has 0 radical (unpaired) electrons. The molecule has 2 heteroatoms. The smallest absolute Gasteiger partial charge is 0.119 e. The second-order valence-corrected chi connectivity index (χ2v) is 4.94. The monoisotopic (exact) mass is 233 g/mol. The molecule has 0 bridgehead atoms. The Morgan fingerprint density at radius 2 is 1.76 bits per heavy atom. The first-order chi connectivity index (χ1) is 8.31. The largest absolute Gasteiger partial charge is 0.490 e. The minimum absolute atomic E-state index is 0.429. The van der Waals surface area contributed by atoms with Crippen molar-refractivity contribution in [1.82, 2.24) is 0 Å². The van der Waals surface area contributed by atoms with Crippen LogP contribution >= 0.6 is 0 Å². The standard InChI is InChI=1S/C15H23NO/c1-3-12-4-8-14(9-5-12)17-15-10-6-13(16-2)7-11-15/h6-7,10-12,14,16H,3-5,8-9H2,1-2H3. The first kappa shape index (κ1) is 12.3. The summed E-state index contributed by atoms with van der Waals surface area (Å²) < 4.78 is 6.02. The molecule has 0 unspecified atom stereocenters. The van der Waals surface area contributed by atoms with Crippen LogP contribution in [0.1, 0.15) is 39.0 Å². The molecule has 0 spiro atoms. The fraction of sp³-hybridized carbons (Fsp3) is 0.600. The predicted molar refractivity (Wildman–Crippen MR) is 72.7 cm³/mol. The van der Waals surface area contributed by atoms with Crippen LogP contribution < -0.4 is 10.1 Å². The summed E-state index contributed by atoms with van der Waals surface area (Å²) in [6.07, 6.45) is 6.84. The summed E-state index contributed by atoms with van der Waals surface area (Å²) in [7, 11) is 1.93. The first-order valence-electron chi connectivity index (χ1n) is 6.76. The molecule has 0 saturated heterocycles. The maximum atomic E-state index is 6.02. The van der Waals surface area contributed by atoms with Gasteiger partial charge >= 0.3 is 0 Å². The summed E-state index contributed by atoms with van der Waals surface area (Å²) in [5.74, 6) is 1.94. The number of rotatable bonds is 4. The molecule has 1 aromatic rings. The van der Waals surface area contributed by atoms with Gasteiger partial charge in [-0.25, -0.2) is 0 Å². The van der Waals surface area contributed by atoms with Gasteiger partial charge in [0, 0.05) is 12.7 Å². The van der Waals surface area contributed by atoms with Crippen LogP contribution in [-0.4, -0.2) is 13.2 Å². The van der Waals surface area contributed by atoms with Crippen molar-refractivity contribution in [1.29, 1.82) is 0 Å². The third-order valence-corrected chi connectivity index (χ3v) is 3.82. The molecule has 1 N–H and O–H groups in total. The molecular weight excluding hydrogens is 210 g/mol. The molecule has 0 amide bonds. The van der Waals surface area contributed by atoms with E-state index in [4.69, 9.17) is 4.74 Å². The summed E-state index contributed by atoms with van der Waals surface area (Å²) in [4.78, 5) is 0. The number of anilines is 1. The Hall–Kier alpha value is -1.18. The lowest BCUT2D eigenvalue weighted by Gasteiger charge is -2.28. The van der Waals surface area contributed by atoms with Gasteiger partial charge in [-0.1, -0.05) is 13.3 Å². The Morgan fingerprint density at radius 1 is 1.12 bits per heavy atom. The number of nitrogens with one attached hydrogen (secondary N) is 1. The molecule has 94 valence electrons. The number of ether oxygens (including phenoxy) is 1. The molecule has 1 aliphatic rings. The zero-order valence-corrected chi connectivity index (χ0v) is 10.9. The van der Waals surface area contributed by atoms with E-state index in [9.17, 15) is 0 Å². The number of hydrogen-bond donors (Lipinski definition) is 1. The molecule has 0 atom stereocenters. The number of benzene rings is 1. The fourth-order valence-electron chi connectivity index (χ4n) is 2.55. The summed E-state index contributed by atoms with van der Waals surface area (Å²) in [6.45, 7) is 2.29. The van der Waals surface area contributed by atoms with Crippen LogP contribution in [0.5, 0.6) is 5.75 Å². The van der Waals surface area contributed by atoms with Crippen molar-refractivity contribution in [3.63, 3.8) is 0 Å². The highest BCUT2D eigenvalue weighted by atomic mass is 16.5. The molecule has 2 nitrogen and oxygen atoms in total. The highest BCUT2D eigenvalue weighted by molar-refractivity contribution is 5.45. The summed E-state index contributed by atoms with van der Waals surface area (Å²) in [5, 5.41) is 3.12. The molecule has 2 rings (SSSR count). The SMILES string of the molecule is CCC1CCC(Oc2ccc(NC)cc2)CC1. The zero-order chi connectivity index (χ0) is 12.1. The normalized spacial score (nSPS) is 24.4. The van der Waals surface area contributed by atoms with Gasteiger partial charge in [-0.15, -0.1) is 0 Å². The maximum absolute atomic E-state index is 6.02. The Morgan fingerprint density at radius 3 is 2.29 bits per heavy atom.